The molecule has 0 aromatic heterocycles. The number of nitrogens with zero attached hydrogens (tertiary/aromatic N) is 1. The summed E-state index contributed by atoms with van der Waals surface area (Å²) in [7, 11) is 0. The second-order valence-corrected chi connectivity index (χ2v) is 9.69. The fourth-order valence-corrected chi connectivity index (χ4v) is 5.12. The normalized spacial score (nSPS) is 17.4. The van der Waals surface area contributed by atoms with Crippen molar-refractivity contribution in [3.63, 3.8) is 0 Å². The van der Waals surface area contributed by atoms with Crippen LogP contribution in [-0.4, -0.2) is 47.5 Å². The van der Waals surface area contributed by atoms with Crippen molar-refractivity contribution in [2.24, 2.45) is 5.92 Å². The van der Waals surface area contributed by atoms with E-state index in [2.05, 4.69) is 4.90 Å². The molecule has 5 heteroatoms. The number of rotatable bonds is 9. The van der Waals surface area contributed by atoms with Crippen LogP contribution in [0.15, 0.2) is 84.9 Å². The highest BCUT2D eigenvalue weighted by atomic mass is 35.5. The Hall–Kier alpha value is -2.21. The molecule has 0 unspecified atom stereocenters. The highest BCUT2D eigenvalue weighted by Crippen LogP contribution is 2.41. The molecule has 0 aliphatic carbocycles. The van der Waals surface area contributed by atoms with Crippen LogP contribution in [0.5, 0.6) is 0 Å². The number of piperidine rings is 1. The Morgan fingerprint density at radius 1 is 0.912 bits per heavy atom. The van der Waals surface area contributed by atoms with Gasteiger partial charge in [-0.1, -0.05) is 84.4 Å². The van der Waals surface area contributed by atoms with E-state index in [-0.39, 0.29) is 18.6 Å². The van der Waals surface area contributed by atoms with Crippen LogP contribution in [0.4, 0.5) is 0 Å². The summed E-state index contributed by atoms with van der Waals surface area (Å²) in [5, 5.41) is 23.3. The number of hydrogen-bond acceptors (Lipinski definition) is 4. The van der Waals surface area contributed by atoms with E-state index in [0.717, 1.165) is 42.6 Å². The molecule has 2 atom stereocenters. The van der Waals surface area contributed by atoms with E-state index >= 15 is 0 Å². The molecule has 1 aliphatic heterocycles. The minimum Gasteiger partial charge on any atom is -0.389 e. The SMILES string of the molecule is C[C@@H](OC[C@H](O)CN1CCC(C(O)(c2ccccc2)c2ccccc2)CC1)c1ccc(Cl)cc1. The van der Waals surface area contributed by atoms with E-state index in [0.29, 0.717) is 11.6 Å². The second kappa shape index (κ2) is 11.5. The Morgan fingerprint density at radius 3 is 1.97 bits per heavy atom. The number of aliphatic hydroxyl groups excluding tert-OH is 1. The van der Waals surface area contributed by atoms with Crippen molar-refractivity contribution in [3.8, 4) is 0 Å². The van der Waals surface area contributed by atoms with Gasteiger partial charge in [-0.05, 0) is 67.6 Å². The molecule has 0 amide bonds. The Labute approximate surface area is 207 Å². The highest BCUT2D eigenvalue weighted by molar-refractivity contribution is 6.30. The molecule has 1 fully saturated rings. The zero-order chi connectivity index (χ0) is 24.0. The summed E-state index contributed by atoms with van der Waals surface area (Å²) >= 11 is 5.96. The molecule has 0 saturated carbocycles. The Bertz CT molecular complexity index is 965. The summed E-state index contributed by atoms with van der Waals surface area (Å²) in [6.07, 6.45) is 1.04. The van der Waals surface area contributed by atoms with Crippen LogP contribution < -0.4 is 0 Å². The lowest BCUT2D eigenvalue weighted by Crippen LogP contribution is -2.46. The summed E-state index contributed by atoms with van der Waals surface area (Å²) in [6, 6.07) is 27.6. The molecule has 2 N–H and O–H groups in total. The molecule has 3 aromatic carbocycles. The predicted molar refractivity (Wildman–Crippen MR) is 137 cm³/mol. The van der Waals surface area contributed by atoms with Crippen molar-refractivity contribution in [1.29, 1.82) is 0 Å². The molecule has 0 spiro atoms. The molecule has 1 saturated heterocycles. The largest absolute Gasteiger partial charge is 0.389 e. The number of benzene rings is 3. The standard InChI is InChI=1S/C29H34ClNO3/c1-22(23-12-14-27(30)15-13-23)34-21-28(32)20-31-18-16-26(17-19-31)29(33,24-8-4-2-5-9-24)25-10-6-3-7-11-25/h2-15,22,26,28,32-33H,16-21H2,1H3/t22-,28-/m1/s1. The van der Waals surface area contributed by atoms with Crippen molar-refractivity contribution in [2.75, 3.05) is 26.2 Å². The first-order chi connectivity index (χ1) is 16.5. The summed E-state index contributed by atoms with van der Waals surface area (Å²) < 4.78 is 5.90. The molecule has 4 rings (SSSR count). The number of hydrogen-bond donors (Lipinski definition) is 2. The van der Waals surface area contributed by atoms with Crippen molar-refractivity contribution in [3.05, 3.63) is 107 Å². The number of halogens is 1. The minimum atomic E-state index is -1.02. The fourth-order valence-electron chi connectivity index (χ4n) is 4.99. The van der Waals surface area contributed by atoms with Crippen LogP contribution in [-0.2, 0) is 10.3 Å². The van der Waals surface area contributed by atoms with Gasteiger partial charge < -0.3 is 19.8 Å². The van der Waals surface area contributed by atoms with Gasteiger partial charge in [0.15, 0.2) is 0 Å². The third-order valence-corrected chi connectivity index (χ3v) is 7.21. The zero-order valence-electron chi connectivity index (χ0n) is 19.7. The molecule has 180 valence electrons. The quantitative estimate of drug-likeness (QED) is 0.430. The Morgan fingerprint density at radius 2 is 1.44 bits per heavy atom. The van der Waals surface area contributed by atoms with Crippen LogP contribution >= 0.6 is 11.6 Å². The van der Waals surface area contributed by atoms with E-state index in [9.17, 15) is 10.2 Å². The molecular formula is C29H34ClNO3. The van der Waals surface area contributed by atoms with Crippen molar-refractivity contribution in [2.45, 2.75) is 37.6 Å². The van der Waals surface area contributed by atoms with E-state index in [1.54, 1.807) is 0 Å². The van der Waals surface area contributed by atoms with Crippen LogP contribution in [0.3, 0.4) is 0 Å². The highest BCUT2D eigenvalue weighted by Gasteiger charge is 2.41. The maximum atomic E-state index is 12.0. The van der Waals surface area contributed by atoms with E-state index in [1.165, 1.54) is 0 Å². The van der Waals surface area contributed by atoms with E-state index in [4.69, 9.17) is 16.3 Å². The average Bonchev–Trinajstić information content (AvgIpc) is 2.88. The Kier molecular flexibility index (Phi) is 8.41. The first-order valence-corrected chi connectivity index (χ1v) is 12.5. The van der Waals surface area contributed by atoms with E-state index < -0.39 is 11.7 Å². The van der Waals surface area contributed by atoms with Crippen LogP contribution in [0.1, 0.15) is 42.6 Å². The number of likely N-dealkylation sites (tertiary alicyclic amines) is 1. The van der Waals surface area contributed by atoms with Crippen LogP contribution in [0, 0.1) is 5.92 Å². The van der Waals surface area contributed by atoms with Gasteiger partial charge in [0.2, 0.25) is 0 Å². The molecule has 0 bridgehead atoms. The molecule has 34 heavy (non-hydrogen) atoms. The predicted octanol–water partition coefficient (Wildman–Crippen LogP) is 5.43. The molecule has 4 nitrogen and oxygen atoms in total. The Balaban J connectivity index is 1.33. The van der Waals surface area contributed by atoms with Gasteiger partial charge in [-0.3, -0.25) is 0 Å². The molecule has 1 aliphatic rings. The lowest BCUT2D eigenvalue weighted by Gasteiger charge is -2.42. The average molecular weight is 480 g/mol. The molecule has 1 heterocycles. The monoisotopic (exact) mass is 479 g/mol. The number of aliphatic hydroxyl groups is 2. The third-order valence-electron chi connectivity index (χ3n) is 6.95. The maximum Gasteiger partial charge on any atom is 0.117 e. The number of ether oxygens (including phenoxy) is 1. The topological polar surface area (TPSA) is 52.9 Å². The summed E-state index contributed by atoms with van der Waals surface area (Å²) in [5.74, 6) is 0.104. The molecule has 0 radical (unpaired) electrons. The first-order valence-electron chi connectivity index (χ1n) is 12.1. The molecule has 3 aromatic rings. The van der Waals surface area contributed by atoms with Crippen LogP contribution in [0.2, 0.25) is 5.02 Å². The van der Waals surface area contributed by atoms with Gasteiger partial charge in [-0.2, -0.15) is 0 Å². The lowest BCUT2D eigenvalue weighted by molar-refractivity contribution is -0.0373. The van der Waals surface area contributed by atoms with Crippen molar-refractivity contribution < 1.29 is 14.9 Å². The summed E-state index contributed by atoms with van der Waals surface area (Å²) in [4.78, 5) is 2.27. The maximum absolute atomic E-state index is 12.0. The molecular weight excluding hydrogens is 446 g/mol. The zero-order valence-corrected chi connectivity index (χ0v) is 20.4. The lowest BCUT2D eigenvalue weighted by atomic mass is 9.72. The smallest absolute Gasteiger partial charge is 0.117 e. The van der Waals surface area contributed by atoms with Crippen molar-refractivity contribution in [1.82, 2.24) is 4.90 Å². The third kappa shape index (κ3) is 5.88. The van der Waals surface area contributed by atoms with Gasteiger partial charge in [0.25, 0.3) is 0 Å². The second-order valence-electron chi connectivity index (χ2n) is 9.25. The van der Waals surface area contributed by atoms with Gasteiger partial charge in [0.1, 0.15) is 5.60 Å². The van der Waals surface area contributed by atoms with Gasteiger partial charge in [0, 0.05) is 11.6 Å². The summed E-state index contributed by atoms with van der Waals surface area (Å²) in [6.45, 7) is 4.49. The summed E-state index contributed by atoms with van der Waals surface area (Å²) in [5.41, 5.74) is 1.89. The van der Waals surface area contributed by atoms with Gasteiger partial charge >= 0.3 is 0 Å². The number of β-amino-alcohol motifs (C(OH)–C–C–N with tert-alkyl or cyclic N) is 1. The first kappa shape index (κ1) is 24.9. The van der Waals surface area contributed by atoms with Crippen molar-refractivity contribution >= 4 is 11.6 Å². The minimum absolute atomic E-state index is 0.104. The fraction of sp³-hybridized carbons (Fsp3) is 0.379. The van der Waals surface area contributed by atoms with Gasteiger partial charge in [-0.15, -0.1) is 0 Å². The van der Waals surface area contributed by atoms with Crippen LogP contribution in [0.25, 0.3) is 0 Å². The van der Waals surface area contributed by atoms with E-state index in [1.807, 2.05) is 91.9 Å². The van der Waals surface area contributed by atoms with Gasteiger partial charge in [-0.25, -0.2) is 0 Å². The van der Waals surface area contributed by atoms with Gasteiger partial charge in [0.05, 0.1) is 18.8 Å².